The molecule has 0 fully saturated rings. The molecule has 40 heavy (non-hydrogen) atoms. The van der Waals surface area contributed by atoms with Crippen LogP contribution in [0.5, 0.6) is 0 Å². The van der Waals surface area contributed by atoms with E-state index in [1.165, 1.54) is 0 Å². The Morgan fingerprint density at radius 1 is 0.825 bits per heavy atom. The molecule has 1 aliphatic rings. The van der Waals surface area contributed by atoms with Gasteiger partial charge in [0.1, 0.15) is 17.2 Å². The fourth-order valence-electron chi connectivity index (χ4n) is 5.45. The van der Waals surface area contributed by atoms with Gasteiger partial charge in [-0.1, -0.05) is 49.7 Å². The fourth-order valence-corrected chi connectivity index (χ4v) is 5.45. The van der Waals surface area contributed by atoms with Crippen molar-refractivity contribution in [2.75, 3.05) is 17.2 Å². The number of aryl methyl sites for hydroxylation is 1. The van der Waals surface area contributed by atoms with Gasteiger partial charge in [0.2, 0.25) is 0 Å². The predicted molar refractivity (Wildman–Crippen MR) is 158 cm³/mol. The molecule has 6 aromatic rings. The molecule has 4 aromatic carbocycles. The van der Waals surface area contributed by atoms with Crippen LogP contribution in [-0.2, 0) is 26.5 Å². The van der Waals surface area contributed by atoms with Crippen molar-refractivity contribution in [3.8, 4) is 5.82 Å². The van der Waals surface area contributed by atoms with E-state index in [0.717, 1.165) is 50.0 Å². The number of nitrogens with zero attached hydrogens (tertiary/aromatic N) is 4. The summed E-state index contributed by atoms with van der Waals surface area (Å²) in [6, 6.07) is 37.2. The second kappa shape index (κ2) is 9.92. The quantitative estimate of drug-likeness (QED) is 0.139. The van der Waals surface area contributed by atoms with E-state index in [0.29, 0.717) is 5.82 Å². The normalized spacial score (nSPS) is 14.5. The first-order chi connectivity index (χ1) is 20.1. The minimum atomic E-state index is -2.23. The summed E-state index contributed by atoms with van der Waals surface area (Å²) >= 11 is 0. The van der Waals surface area contributed by atoms with Gasteiger partial charge in [-0.05, 0) is 53.5 Å². The van der Waals surface area contributed by atoms with Gasteiger partial charge >= 0.3 is 0 Å². The van der Waals surface area contributed by atoms with Gasteiger partial charge in [-0.25, -0.2) is 4.98 Å². The van der Waals surface area contributed by atoms with E-state index >= 15 is 0 Å². The minimum absolute atomic E-state index is 0. The molecule has 3 heterocycles. The topological polar surface area (TPSA) is 37.1 Å². The maximum Gasteiger partial charge on any atom is 0.145 e. The number of benzene rings is 4. The molecular formula is C34H29N4OPt-. The van der Waals surface area contributed by atoms with E-state index in [9.17, 15) is 0 Å². The van der Waals surface area contributed by atoms with Crippen molar-refractivity contribution in [3.63, 3.8) is 0 Å². The van der Waals surface area contributed by atoms with Crippen LogP contribution in [0.25, 0.3) is 27.6 Å². The monoisotopic (exact) mass is 707 g/mol. The van der Waals surface area contributed by atoms with Crippen LogP contribution in [0.3, 0.4) is 0 Å². The van der Waals surface area contributed by atoms with E-state index < -0.39 is 12.3 Å². The van der Waals surface area contributed by atoms with Crippen molar-refractivity contribution in [2.24, 2.45) is 0 Å². The van der Waals surface area contributed by atoms with Crippen LogP contribution in [-0.4, -0.2) is 21.5 Å². The van der Waals surface area contributed by atoms with Gasteiger partial charge in [0, 0.05) is 42.6 Å². The van der Waals surface area contributed by atoms with Gasteiger partial charge in [0.15, 0.2) is 0 Å². The summed E-state index contributed by atoms with van der Waals surface area (Å²) in [7, 11) is 1.94. The average Bonchev–Trinajstić information content (AvgIpc) is 3.51. The molecule has 0 unspecified atom stereocenters. The Labute approximate surface area is 253 Å². The zero-order chi connectivity index (χ0) is 29.2. The number of fused-ring (bicyclic) bond motifs is 4. The van der Waals surface area contributed by atoms with E-state index in [4.69, 9.17) is 9.05 Å². The first kappa shape index (κ1) is 22.8. The summed E-state index contributed by atoms with van der Waals surface area (Å²) < 4.78 is 25.8. The van der Waals surface area contributed by atoms with Crippen LogP contribution in [0.4, 0.5) is 17.1 Å². The summed E-state index contributed by atoms with van der Waals surface area (Å²) in [6.45, 7) is 2.11. The summed E-state index contributed by atoms with van der Waals surface area (Å²) in [4.78, 5) is 9.33. The van der Waals surface area contributed by atoms with Crippen LogP contribution in [0.1, 0.15) is 34.7 Å². The first-order valence-corrected chi connectivity index (χ1v) is 12.9. The molecule has 0 saturated heterocycles. The van der Waals surface area contributed by atoms with Crippen LogP contribution in [0.2, 0.25) is 0 Å². The van der Waals surface area contributed by atoms with Gasteiger partial charge in [-0.3, -0.25) is 0 Å². The molecule has 1 N–H and O–H groups in total. The molecule has 0 atom stereocenters. The van der Waals surface area contributed by atoms with Crippen molar-refractivity contribution in [1.29, 1.82) is 0 Å². The molecule has 0 amide bonds. The number of para-hydroxylation sites is 3. The number of hydrogen-bond acceptors (Lipinski definition) is 3. The molecule has 7 rings (SSSR count). The third kappa shape index (κ3) is 4.12. The Bertz CT molecular complexity index is 1980. The van der Waals surface area contributed by atoms with Gasteiger partial charge in [-0.2, -0.15) is 46.4 Å². The van der Waals surface area contributed by atoms with Crippen molar-refractivity contribution < 1.29 is 30.1 Å². The first-order valence-electron chi connectivity index (χ1n) is 14.4. The van der Waals surface area contributed by atoms with Gasteiger partial charge in [0.05, 0.1) is 7.05 Å². The number of rotatable bonds is 4. The van der Waals surface area contributed by atoms with Gasteiger partial charge in [0.25, 0.3) is 0 Å². The fraction of sp³-hybridized carbons (Fsp3) is 0.147. The third-order valence-electron chi connectivity index (χ3n) is 7.59. The molecule has 6 heteroatoms. The molecule has 5 nitrogen and oxygen atoms in total. The SMILES string of the molecule is [2H]C([2H])([2H])c1ccnc(-n2c3[c-]c(C(C)(C)c4[c-]c(N5[OH+]N(C)c6ccccc65)ccc4)ccc3c3ccccc32)c1.[Pt]. The Hall–Kier alpha value is -3.92. The number of aromatic nitrogens is 2. The zero-order valence-electron chi connectivity index (χ0n) is 25.3. The number of hydroxylamine groups is 1. The van der Waals surface area contributed by atoms with Crippen LogP contribution >= 0.6 is 0 Å². The third-order valence-corrected chi connectivity index (χ3v) is 7.59. The van der Waals surface area contributed by atoms with E-state index in [1.54, 1.807) is 18.3 Å². The molecule has 0 aliphatic carbocycles. The van der Waals surface area contributed by atoms with Crippen molar-refractivity contribution >= 4 is 38.9 Å². The molecule has 0 bridgehead atoms. The molecule has 202 valence electrons. The van der Waals surface area contributed by atoms with Crippen LogP contribution < -0.4 is 10.1 Å². The van der Waals surface area contributed by atoms with E-state index in [2.05, 4.69) is 67.4 Å². The maximum atomic E-state index is 7.93. The second-order valence-corrected chi connectivity index (χ2v) is 10.4. The number of anilines is 3. The second-order valence-electron chi connectivity index (χ2n) is 10.4. The molecule has 1 aliphatic heterocycles. The molecule has 0 spiro atoms. The van der Waals surface area contributed by atoms with E-state index in [-0.39, 0.29) is 26.6 Å². The standard InChI is InChI=1S/C34H28N4O.Pt/c1-23-18-19-35-33(20-23)37-29-13-6-5-12-27(29)28-17-16-25(22-32(28)37)34(2,3)24-10-9-11-26(21-24)38-31-15-8-7-14-30(31)36(4)39-38;/h5-20H,1-4H3;/q-2;/p+1/i1D3;. The Morgan fingerprint density at radius 3 is 2.45 bits per heavy atom. The maximum absolute atomic E-state index is 7.93. The Morgan fingerprint density at radius 2 is 1.60 bits per heavy atom. The summed E-state index contributed by atoms with van der Waals surface area (Å²) in [6.07, 6.45) is 1.56. The predicted octanol–water partition coefficient (Wildman–Crippen LogP) is 7.84. The summed E-state index contributed by atoms with van der Waals surface area (Å²) in [5.74, 6) is 0.549. The van der Waals surface area contributed by atoms with Gasteiger partial charge in [-0.15, -0.1) is 27.6 Å². The summed E-state index contributed by atoms with van der Waals surface area (Å²) in [5, 5.41) is 5.88. The van der Waals surface area contributed by atoms with Crippen molar-refractivity contribution in [3.05, 3.63) is 126 Å². The van der Waals surface area contributed by atoms with Crippen LogP contribution in [0, 0.1) is 19.0 Å². The number of hydrogen-bond donors (Lipinski definition) is 0. The van der Waals surface area contributed by atoms with Gasteiger partial charge < -0.3 is 4.57 Å². The molecular weight excluding hydrogens is 675 g/mol. The minimum Gasteiger partial charge on any atom is -0.319 e. The Kier molecular flexibility index (Phi) is 5.67. The zero-order valence-corrected chi connectivity index (χ0v) is 24.6. The van der Waals surface area contributed by atoms with Crippen molar-refractivity contribution in [1.82, 2.24) is 9.55 Å². The molecule has 2 aromatic heterocycles. The smallest absolute Gasteiger partial charge is 0.145 e. The Balaban J connectivity index is 0.00000329. The molecule has 0 radical (unpaired) electrons. The number of pyridine rings is 1. The summed E-state index contributed by atoms with van der Waals surface area (Å²) in [5.41, 5.74) is 6.48. The molecule has 0 saturated carbocycles. The van der Waals surface area contributed by atoms with Crippen LogP contribution in [0.15, 0.2) is 97.2 Å². The largest absolute Gasteiger partial charge is 0.319 e. The average molecular weight is 708 g/mol. The van der Waals surface area contributed by atoms with E-state index in [1.807, 2.05) is 64.2 Å². The van der Waals surface area contributed by atoms with Crippen molar-refractivity contribution in [2.45, 2.75) is 26.1 Å².